The van der Waals surface area contributed by atoms with Crippen LogP contribution in [0.3, 0.4) is 0 Å². The highest BCUT2D eigenvalue weighted by atomic mass is 16.3. The van der Waals surface area contributed by atoms with Gasteiger partial charge in [0.2, 0.25) is 0 Å². The average molecular weight is 678 g/mol. The Labute approximate surface area is 305 Å². The minimum Gasteiger partial charge on any atom is -0.455 e. The van der Waals surface area contributed by atoms with Gasteiger partial charge in [-0.15, -0.1) is 0 Å². The zero-order chi connectivity index (χ0) is 34.9. The number of nitrogens with zero attached hydrogens (tertiary/aromatic N) is 1. The third kappa shape index (κ3) is 4.68. The van der Waals surface area contributed by atoms with E-state index >= 15 is 0 Å². The highest BCUT2D eigenvalue weighted by Gasteiger charge is 2.23. The zero-order valence-corrected chi connectivity index (χ0v) is 28.7. The number of hydrogen-bond acceptors (Lipinski definition) is 3. The molecule has 0 atom stereocenters. The van der Waals surface area contributed by atoms with Crippen LogP contribution in [0.15, 0.2) is 197 Å². The quantitative estimate of drug-likeness (QED) is 0.170. The van der Waals surface area contributed by atoms with Gasteiger partial charge in [-0.3, -0.25) is 0 Å². The number of furan rings is 2. The summed E-state index contributed by atoms with van der Waals surface area (Å²) in [7, 11) is 0. The van der Waals surface area contributed by atoms with Crippen molar-refractivity contribution in [1.82, 2.24) is 0 Å². The van der Waals surface area contributed by atoms with Crippen LogP contribution in [0.2, 0.25) is 0 Å². The lowest BCUT2D eigenvalue weighted by Crippen LogP contribution is -2.10. The third-order valence-corrected chi connectivity index (χ3v) is 10.7. The molecule has 11 rings (SSSR count). The highest BCUT2D eigenvalue weighted by Crippen LogP contribution is 2.47. The van der Waals surface area contributed by atoms with Crippen molar-refractivity contribution >= 4 is 82.5 Å². The fraction of sp³-hybridized carbons (Fsp3) is 0. The molecule has 0 aliphatic carbocycles. The SMILES string of the molecule is c1ccc(-c2ccc(N(c3ccc(-c4cccc5c4oc4ccccc45)cc3)c3ccc4ccc5ccccc5c4c3)c3c2oc2ccccc23)cc1. The van der Waals surface area contributed by atoms with Gasteiger partial charge in [0.15, 0.2) is 0 Å². The van der Waals surface area contributed by atoms with Gasteiger partial charge in [0.1, 0.15) is 22.3 Å². The molecule has 9 aromatic carbocycles. The molecule has 0 N–H and O–H groups in total. The monoisotopic (exact) mass is 677 g/mol. The van der Waals surface area contributed by atoms with Gasteiger partial charge in [0.05, 0.1) is 11.1 Å². The van der Waals surface area contributed by atoms with Crippen molar-refractivity contribution in [2.75, 3.05) is 4.90 Å². The molecule has 0 saturated carbocycles. The first-order valence-electron chi connectivity index (χ1n) is 18.0. The summed E-state index contributed by atoms with van der Waals surface area (Å²) in [5.74, 6) is 0. The summed E-state index contributed by atoms with van der Waals surface area (Å²) in [6, 6.07) is 66.7. The van der Waals surface area contributed by atoms with Gasteiger partial charge in [-0.25, -0.2) is 0 Å². The van der Waals surface area contributed by atoms with Gasteiger partial charge < -0.3 is 13.7 Å². The van der Waals surface area contributed by atoms with E-state index in [0.29, 0.717) is 0 Å². The first kappa shape index (κ1) is 29.6. The van der Waals surface area contributed by atoms with Crippen LogP contribution in [0.1, 0.15) is 0 Å². The van der Waals surface area contributed by atoms with Gasteiger partial charge >= 0.3 is 0 Å². The molecule has 0 bridgehead atoms. The lowest BCUT2D eigenvalue weighted by molar-refractivity contribution is 0.669. The van der Waals surface area contributed by atoms with Crippen LogP contribution in [-0.4, -0.2) is 0 Å². The molecule has 2 aromatic heterocycles. The van der Waals surface area contributed by atoms with E-state index in [9.17, 15) is 0 Å². The third-order valence-electron chi connectivity index (χ3n) is 10.7. The highest BCUT2D eigenvalue weighted by molar-refractivity contribution is 6.18. The first-order chi connectivity index (χ1) is 26.3. The van der Waals surface area contributed by atoms with E-state index in [0.717, 1.165) is 83.2 Å². The van der Waals surface area contributed by atoms with Crippen LogP contribution in [0.4, 0.5) is 17.1 Å². The molecule has 53 heavy (non-hydrogen) atoms. The van der Waals surface area contributed by atoms with Crippen LogP contribution in [0.25, 0.3) is 87.7 Å². The van der Waals surface area contributed by atoms with Crippen molar-refractivity contribution in [1.29, 1.82) is 0 Å². The minimum atomic E-state index is 0.867. The topological polar surface area (TPSA) is 29.5 Å². The van der Waals surface area contributed by atoms with Gasteiger partial charge in [0.25, 0.3) is 0 Å². The molecule has 11 aromatic rings. The Morgan fingerprint density at radius 3 is 1.75 bits per heavy atom. The predicted molar refractivity (Wildman–Crippen MR) is 222 cm³/mol. The summed E-state index contributed by atoms with van der Waals surface area (Å²) in [6.07, 6.45) is 0. The molecular formula is C50H31NO2. The maximum Gasteiger partial charge on any atom is 0.145 e. The molecule has 0 fully saturated rings. The maximum absolute atomic E-state index is 6.73. The van der Waals surface area contributed by atoms with E-state index in [-0.39, 0.29) is 0 Å². The van der Waals surface area contributed by atoms with E-state index in [1.165, 1.54) is 21.5 Å². The Kier molecular flexibility index (Phi) is 6.55. The van der Waals surface area contributed by atoms with Crippen molar-refractivity contribution < 1.29 is 8.83 Å². The average Bonchev–Trinajstić information content (AvgIpc) is 3.81. The molecule has 0 unspecified atom stereocenters. The van der Waals surface area contributed by atoms with Gasteiger partial charge in [0, 0.05) is 38.7 Å². The standard InChI is InChI=1S/C50H31NO2/c1-2-11-32(12-3-1)40-29-30-45(48-43-16-7-9-20-47(43)53-50(40)48)51(37-28-25-35-22-21-33-13-4-5-14-38(33)44(35)31-37)36-26-23-34(24-27-36)39-17-10-18-42-41-15-6-8-19-46(41)52-49(39)42/h1-31H. The lowest BCUT2D eigenvalue weighted by Gasteiger charge is -2.27. The Morgan fingerprint density at radius 2 is 0.925 bits per heavy atom. The van der Waals surface area contributed by atoms with Crippen LogP contribution in [0, 0.1) is 0 Å². The Morgan fingerprint density at radius 1 is 0.340 bits per heavy atom. The summed E-state index contributed by atoms with van der Waals surface area (Å²) in [5.41, 5.74) is 11.1. The molecule has 0 spiro atoms. The fourth-order valence-electron chi connectivity index (χ4n) is 8.16. The largest absolute Gasteiger partial charge is 0.455 e. The number of anilines is 3. The molecular weight excluding hydrogens is 647 g/mol. The van der Waals surface area contributed by atoms with E-state index in [1.54, 1.807) is 0 Å². The molecule has 2 heterocycles. The molecule has 0 amide bonds. The molecule has 3 nitrogen and oxygen atoms in total. The number of para-hydroxylation sites is 3. The smallest absolute Gasteiger partial charge is 0.145 e. The van der Waals surface area contributed by atoms with Crippen LogP contribution >= 0.6 is 0 Å². The predicted octanol–water partition coefficient (Wildman–Crippen LogP) is 14.6. The summed E-state index contributed by atoms with van der Waals surface area (Å²) in [4.78, 5) is 2.38. The second-order valence-electron chi connectivity index (χ2n) is 13.7. The van der Waals surface area contributed by atoms with E-state index in [2.05, 4.69) is 175 Å². The second kappa shape index (κ2) is 11.7. The van der Waals surface area contributed by atoms with Gasteiger partial charge in [-0.05, 0) is 81.2 Å². The van der Waals surface area contributed by atoms with Crippen molar-refractivity contribution in [2.24, 2.45) is 0 Å². The van der Waals surface area contributed by atoms with E-state index < -0.39 is 0 Å². The summed E-state index contributed by atoms with van der Waals surface area (Å²) in [5, 5.41) is 9.30. The summed E-state index contributed by atoms with van der Waals surface area (Å²) in [6.45, 7) is 0. The Balaban J connectivity index is 1.16. The van der Waals surface area contributed by atoms with E-state index in [4.69, 9.17) is 8.83 Å². The Hall–Kier alpha value is -7.10. The maximum atomic E-state index is 6.73. The van der Waals surface area contributed by atoms with Crippen LogP contribution < -0.4 is 4.90 Å². The molecule has 0 aliphatic heterocycles. The number of benzene rings is 9. The number of hydrogen-bond donors (Lipinski definition) is 0. The molecule has 0 radical (unpaired) electrons. The second-order valence-corrected chi connectivity index (χ2v) is 13.7. The van der Waals surface area contributed by atoms with Crippen molar-refractivity contribution in [3.63, 3.8) is 0 Å². The van der Waals surface area contributed by atoms with Crippen LogP contribution in [-0.2, 0) is 0 Å². The first-order valence-corrected chi connectivity index (χ1v) is 18.0. The minimum absolute atomic E-state index is 0.867. The summed E-state index contributed by atoms with van der Waals surface area (Å²) >= 11 is 0. The van der Waals surface area contributed by atoms with Gasteiger partial charge in [-0.2, -0.15) is 0 Å². The molecule has 0 aliphatic rings. The van der Waals surface area contributed by atoms with Crippen molar-refractivity contribution in [2.45, 2.75) is 0 Å². The normalized spacial score (nSPS) is 11.8. The zero-order valence-electron chi connectivity index (χ0n) is 28.7. The Bertz CT molecular complexity index is 3170. The number of fused-ring (bicyclic) bond motifs is 9. The summed E-state index contributed by atoms with van der Waals surface area (Å²) < 4.78 is 13.2. The van der Waals surface area contributed by atoms with Gasteiger partial charge in [-0.1, -0.05) is 140 Å². The fourth-order valence-corrected chi connectivity index (χ4v) is 8.16. The van der Waals surface area contributed by atoms with Crippen molar-refractivity contribution in [3.05, 3.63) is 188 Å². The van der Waals surface area contributed by atoms with E-state index in [1.807, 2.05) is 18.2 Å². The molecule has 3 heteroatoms. The lowest BCUT2D eigenvalue weighted by atomic mass is 9.98. The molecule has 0 saturated heterocycles. The molecule has 248 valence electrons. The number of rotatable bonds is 5. The van der Waals surface area contributed by atoms with Crippen molar-refractivity contribution in [3.8, 4) is 22.3 Å². The van der Waals surface area contributed by atoms with Crippen LogP contribution in [0.5, 0.6) is 0 Å².